The monoisotopic (exact) mass is 308 g/mol. The van der Waals surface area contributed by atoms with E-state index in [1.807, 2.05) is 25.1 Å². The number of rotatable bonds is 4. The van der Waals surface area contributed by atoms with Gasteiger partial charge in [-0.2, -0.15) is 0 Å². The van der Waals surface area contributed by atoms with Crippen LogP contribution in [0, 0.1) is 5.82 Å². The van der Waals surface area contributed by atoms with Crippen LogP contribution in [-0.4, -0.2) is 4.98 Å². The van der Waals surface area contributed by atoms with Crippen molar-refractivity contribution in [3.05, 3.63) is 64.1 Å². The van der Waals surface area contributed by atoms with E-state index in [2.05, 4.69) is 32.3 Å². The number of pyridine rings is 1. The van der Waals surface area contributed by atoms with Gasteiger partial charge >= 0.3 is 0 Å². The molecular weight excluding hydrogens is 295 g/mol. The first-order chi connectivity index (χ1) is 8.66. The summed E-state index contributed by atoms with van der Waals surface area (Å²) >= 11 is 3.51. The summed E-state index contributed by atoms with van der Waals surface area (Å²) in [6, 6.07) is 11.3. The van der Waals surface area contributed by atoms with E-state index in [4.69, 9.17) is 0 Å². The third kappa shape index (κ3) is 3.37. The molecule has 2 nitrogen and oxygen atoms in total. The lowest BCUT2D eigenvalue weighted by atomic mass is 10.2. The standard InChI is InChI=1S/C14H14BrFN2/c1-10(14-7-6-12(16)9-18-14)17-8-11-4-2-3-5-13(11)15/h2-7,9-10,17H,8H2,1H3. The zero-order valence-corrected chi connectivity index (χ0v) is 11.6. The topological polar surface area (TPSA) is 24.9 Å². The summed E-state index contributed by atoms with van der Waals surface area (Å²) in [6.07, 6.45) is 1.24. The van der Waals surface area contributed by atoms with Gasteiger partial charge in [0.2, 0.25) is 0 Å². The van der Waals surface area contributed by atoms with Crippen LogP contribution in [0.15, 0.2) is 47.1 Å². The van der Waals surface area contributed by atoms with Crippen LogP contribution in [0.4, 0.5) is 4.39 Å². The van der Waals surface area contributed by atoms with Crippen LogP contribution in [0.1, 0.15) is 24.2 Å². The van der Waals surface area contributed by atoms with Crippen molar-refractivity contribution >= 4 is 15.9 Å². The Bertz CT molecular complexity index is 513. The minimum Gasteiger partial charge on any atom is -0.305 e. The fourth-order valence-corrected chi connectivity index (χ4v) is 2.08. The SMILES string of the molecule is CC(NCc1ccccc1Br)c1ccc(F)cn1. The first kappa shape index (κ1) is 13.2. The van der Waals surface area contributed by atoms with Crippen LogP contribution in [0.3, 0.4) is 0 Å². The largest absolute Gasteiger partial charge is 0.305 e. The van der Waals surface area contributed by atoms with Crippen molar-refractivity contribution in [2.75, 3.05) is 0 Å². The molecule has 2 aromatic rings. The lowest BCUT2D eigenvalue weighted by Crippen LogP contribution is -2.19. The third-order valence-electron chi connectivity index (χ3n) is 2.75. The molecule has 1 aromatic carbocycles. The second-order valence-corrected chi connectivity index (χ2v) is 4.95. The molecule has 0 aliphatic rings. The van der Waals surface area contributed by atoms with Crippen LogP contribution in [0.2, 0.25) is 0 Å². The van der Waals surface area contributed by atoms with Crippen LogP contribution < -0.4 is 5.32 Å². The zero-order chi connectivity index (χ0) is 13.0. The maximum absolute atomic E-state index is 12.8. The summed E-state index contributed by atoms with van der Waals surface area (Å²) < 4.78 is 13.8. The second-order valence-electron chi connectivity index (χ2n) is 4.10. The van der Waals surface area contributed by atoms with Crippen LogP contribution in [0.5, 0.6) is 0 Å². The molecule has 2 rings (SSSR count). The van der Waals surface area contributed by atoms with E-state index in [0.29, 0.717) is 0 Å². The number of hydrogen-bond donors (Lipinski definition) is 1. The Morgan fingerprint density at radius 2 is 2.06 bits per heavy atom. The Kier molecular flexibility index (Phi) is 4.44. The lowest BCUT2D eigenvalue weighted by Gasteiger charge is -2.14. The number of aromatic nitrogens is 1. The summed E-state index contributed by atoms with van der Waals surface area (Å²) in [5, 5.41) is 3.36. The average Bonchev–Trinajstić information content (AvgIpc) is 2.38. The van der Waals surface area contributed by atoms with E-state index in [0.717, 1.165) is 16.7 Å². The Balaban J connectivity index is 1.98. The highest BCUT2D eigenvalue weighted by Crippen LogP contribution is 2.17. The molecule has 0 saturated carbocycles. The summed E-state index contributed by atoms with van der Waals surface area (Å²) in [7, 11) is 0. The molecule has 1 unspecified atom stereocenters. The number of benzene rings is 1. The fourth-order valence-electron chi connectivity index (χ4n) is 1.65. The molecule has 1 atom stereocenters. The molecule has 0 amide bonds. The van der Waals surface area contributed by atoms with Gasteiger partial charge in [-0.3, -0.25) is 4.98 Å². The molecule has 18 heavy (non-hydrogen) atoms. The second kappa shape index (κ2) is 6.07. The maximum Gasteiger partial charge on any atom is 0.141 e. The Morgan fingerprint density at radius 3 is 2.72 bits per heavy atom. The quantitative estimate of drug-likeness (QED) is 0.928. The molecule has 0 aliphatic heterocycles. The van der Waals surface area contributed by atoms with Gasteiger partial charge in [-0.25, -0.2) is 4.39 Å². The number of hydrogen-bond acceptors (Lipinski definition) is 2. The molecular formula is C14H14BrFN2. The van der Waals surface area contributed by atoms with Crippen molar-refractivity contribution in [2.24, 2.45) is 0 Å². The van der Waals surface area contributed by atoms with Gasteiger partial charge in [0.05, 0.1) is 11.9 Å². The summed E-state index contributed by atoms with van der Waals surface area (Å²) in [5.74, 6) is -0.309. The van der Waals surface area contributed by atoms with Crippen molar-refractivity contribution in [1.82, 2.24) is 10.3 Å². The molecule has 0 bridgehead atoms. The highest BCUT2D eigenvalue weighted by Gasteiger charge is 2.07. The molecule has 0 aliphatic carbocycles. The first-order valence-electron chi connectivity index (χ1n) is 5.75. The van der Waals surface area contributed by atoms with E-state index in [1.165, 1.54) is 17.8 Å². The van der Waals surface area contributed by atoms with Crippen molar-refractivity contribution in [3.8, 4) is 0 Å². The van der Waals surface area contributed by atoms with Crippen molar-refractivity contribution in [1.29, 1.82) is 0 Å². The van der Waals surface area contributed by atoms with Gasteiger partial charge in [-0.15, -0.1) is 0 Å². The molecule has 94 valence electrons. The fraction of sp³-hybridized carbons (Fsp3) is 0.214. The smallest absolute Gasteiger partial charge is 0.141 e. The number of nitrogens with zero attached hydrogens (tertiary/aromatic N) is 1. The Labute approximate surface area is 114 Å². The Hall–Kier alpha value is -1.26. The normalized spacial score (nSPS) is 12.4. The van der Waals surface area contributed by atoms with Gasteiger partial charge < -0.3 is 5.32 Å². The zero-order valence-electron chi connectivity index (χ0n) is 10.0. The molecule has 0 saturated heterocycles. The van der Waals surface area contributed by atoms with Gasteiger partial charge in [-0.1, -0.05) is 34.1 Å². The van der Waals surface area contributed by atoms with Gasteiger partial charge in [0, 0.05) is 17.1 Å². The van der Waals surface area contributed by atoms with E-state index in [9.17, 15) is 4.39 Å². The van der Waals surface area contributed by atoms with Crippen LogP contribution in [-0.2, 0) is 6.54 Å². The molecule has 1 aromatic heterocycles. The van der Waals surface area contributed by atoms with Crippen molar-refractivity contribution in [3.63, 3.8) is 0 Å². The van der Waals surface area contributed by atoms with E-state index >= 15 is 0 Å². The average molecular weight is 309 g/mol. The molecule has 1 N–H and O–H groups in total. The summed E-state index contributed by atoms with van der Waals surface area (Å²) in [4.78, 5) is 4.06. The minimum atomic E-state index is -0.309. The maximum atomic E-state index is 12.8. The summed E-state index contributed by atoms with van der Waals surface area (Å²) in [5.41, 5.74) is 2.02. The predicted molar refractivity (Wildman–Crippen MR) is 73.6 cm³/mol. The van der Waals surface area contributed by atoms with Crippen molar-refractivity contribution in [2.45, 2.75) is 19.5 Å². The van der Waals surface area contributed by atoms with Crippen molar-refractivity contribution < 1.29 is 4.39 Å². The van der Waals surface area contributed by atoms with E-state index in [1.54, 1.807) is 6.07 Å². The van der Waals surface area contributed by atoms with Gasteiger partial charge in [-0.05, 0) is 30.7 Å². The first-order valence-corrected chi connectivity index (χ1v) is 6.54. The molecule has 4 heteroatoms. The van der Waals surface area contributed by atoms with Crippen LogP contribution >= 0.6 is 15.9 Å². The number of halogens is 2. The third-order valence-corrected chi connectivity index (χ3v) is 3.52. The van der Waals surface area contributed by atoms with Gasteiger partial charge in [0.1, 0.15) is 5.82 Å². The molecule has 0 spiro atoms. The number of nitrogens with one attached hydrogen (secondary N) is 1. The summed E-state index contributed by atoms with van der Waals surface area (Å²) in [6.45, 7) is 2.75. The molecule has 1 heterocycles. The minimum absolute atomic E-state index is 0.0812. The van der Waals surface area contributed by atoms with Gasteiger partial charge in [0.25, 0.3) is 0 Å². The Morgan fingerprint density at radius 1 is 1.28 bits per heavy atom. The molecule has 0 radical (unpaired) electrons. The highest BCUT2D eigenvalue weighted by atomic mass is 79.9. The van der Waals surface area contributed by atoms with E-state index < -0.39 is 0 Å². The lowest BCUT2D eigenvalue weighted by molar-refractivity contribution is 0.554. The highest BCUT2D eigenvalue weighted by molar-refractivity contribution is 9.10. The predicted octanol–water partition coefficient (Wildman–Crippen LogP) is 3.83. The van der Waals surface area contributed by atoms with E-state index in [-0.39, 0.29) is 11.9 Å². The van der Waals surface area contributed by atoms with Gasteiger partial charge in [0.15, 0.2) is 0 Å². The van der Waals surface area contributed by atoms with Crippen LogP contribution in [0.25, 0.3) is 0 Å². The molecule has 0 fully saturated rings.